The zero-order valence-electron chi connectivity index (χ0n) is 12.6. The number of amides is 1. The molecular formula is C16H25ClN2OS. The summed E-state index contributed by atoms with van der Waals surface area (Å²) in [5.41, 5.74) is 6.89. The van der Waals surface area contributed by atoms with Crippen molar-refractivity contribution in [3.05, 3.63) is 24.3 Å². The highest BCUT2D eigenvalue weighted by molar-refractivity contribution is 7.98. The second-order valence-electron chi connectivity index (χ2n) is 5.69. The van der Waals surface area contributed by atoms with E-state index in [0.29, 0.717) is 13.0 Å². The first kappa shape index (κ1) is 18.3. The van der Waals surface area contributed by atoms with Crippen LogP contribution in [0, 0.1) is 5.41 Å². The molecule has 2 rings (SSSR count). The molecule has 0 bridgehead atoms. The van der Waals surface area contributed by atoms with E-state index >= 15 is 0 Å². The van der Waals surface area contributed by atoms with Crippen LogP contribution in [0.3, 0.4) is 0 Å². The number of anilines is 1. The summed E-state index contributed by atoms with van der Waals surface area (Å²) in [4.78, 5) is 13.4. The second kappa shape index (κ2) is 8.66. The van der Waals surface area contributed by atoms with E-state index in [1.807, 2.05) is 30.5 Å². The quantitative estimate of drug-likeness (QED) is 0.801. The number of thioether (sulfide) groups is 1. The zero-order chi connectivity index (χ0) is 14.4. The molecule has 3 nitrogen and oxygen atoms in total. The molecule has 0 aliphatic heterocycles. The van der Waals surface area contributed by atoms with Crippen LogP contribution in [0.15, 0.2) is 29.2 Å². The standard InChI is InChI=1S/C16H24N2OS.ClH/c1-20-14-8-4-3-7-13(14)18-15(19)11-16(12-17)9-5-2-6-10-16;/h3-4,7-8H,2,5-6,9-12,17H2,1H3,(H,18,19);1H. The topological polar surface area (TPSA) is 55.1 Å². The Bertz CT molecular complexity index is 461. The Morgan fingerprint density at radius 2 is 1.95 bits per heavy atom. The molecule has 0 saturated heterocycles. The lowest BCUT2D eigenvalue weighted by Crippen LogP contribution is -2.36. The Hall–Kier alpha value is -0.710. The Morgan fingerprint density at radius 3 is 2.57 bits per heavy atom. The highest BCUT2D eigenvalue weighted by Crippen LogP contribution is 2.38. The Morgan fingerprint density at radius 1 is 1.29 bits per heavy atom. The average Bonchev–Trinajstić information content (AvgIpc) is 2.48. The fourth-order valence-corrected chi connectivity index (χ4v) is 3.59. The Kier molecular flexibility index (Phi) is 7.57. The van der Waals surface area contributed by atoms with Gasteiger partial charge in [-0.1, -0.05) is 31.4 Å². The minimum absolute atomic E-state index is 0. The van der Waals surface area contributed by atoms with Gasteiger partial charge in [-0.3, -0.25) is 4.79 Å². The molecule has 1 saturated carbocycles. The highest BCUT2D eigenvalue weighted by atomic mass is 35.5. The lowest BCUT2D eigenvalue weighted by Gasteiger charge is -2.35. The van der Waals surface area contributed by atoms with Gasteiger partial charge in [0, 0.05) is 11.3 Å². The number of nitrogens with two attached hydrogens (primary N) is 1. The molecule has 1 fully saturated rings. The molecule has 1 amide bonds. The number of rotatable bonds is 5. The maximum Gasteiger partial charge on any atom is 0.225 e. The first-order valence-electron chi connectivity index (χ1n) is 7.32. The van der Waals surface area contributed by atoms with E-state index in [9.17, 15) is 4.79 Å². The first-order valence-corrected chi connectivity index (χ1v) is 8.54. The van der Waals surface area contributed by atoms with Gasteiger partial charge in [-0.05, 0) is 43.2 Å². The molecule has 0 radical (unpaired) electrons. The second-order valence-corrected chi connectivity index (χ2v) is 6.54. The molecule has 5 heteroatoms. The summed E-state index contributed by atoms with van der Waals surface area (Å²) in [5, 5.41) is 3.05. The zero-order valence-corrected chi connectivity index (χ0v) is 14.2. The van der Waals surface area contributed by atoms with Crippen molar-refractivity contribution < 1.29 is 4.79 Å². The molecule has 1 aliphatic rings. The van der Waals surface area contributed by atoms with Crippen molar-refractivity contribution in [3.8, 4) is 0 Å². The van der Waals surface area contributed by atoms with Crippen LogP contribution in [0.5, 0.6) is 0 Å². The monoisotopic (exact) mass is 328 g/mol. The normalized spacial score (nSPS) is 16.9. The third-order valence-electron chi connectivity index (χ3n) is 4.26. The van der Waals surface area contributed by atoms with E-state index in [0.717, 1.165) is 23.4 Å². The number of carbonyl (C=O) groups excluding carboxylic acids is 1. The van der Waals surface area contributed by atoms with Gasteiger partial charge in [-0.2, -0.15) is 0 Å². The van der Waals surface area contributed by atoms with Crippen molar-refractivity contribution in [2.24, 2.45) is 11.1 Å². The van der Waals surface area contributed by atoms with E-state index in [1.54, 1.807) is 11.8 Å². The average molecular weight is 329 g/mol. The predicted octanol–water partition coefficient (Wildman–Crippen LogP) is 4.07. The van der Waals surface area contributed by atoms with Gasteiger partial charge in [0.1, 0.15) is 0 Å². The molecule has 0 unspecified atom stereocenters. The number of nitrogens with one attached hydrogen (secondary N) is 1. The number of halogens is 1. The smallest absolute Gasteiger partial charge is 0.225 e. The van der Waals surface area contributed by atoms with Crippen molar-refractivity contribution in [2.75, 3.05) is 18.1 Å². The van der Waals surface area contributed by atoms with Gasteiger partial charge in [-0.15, -0.1) is 24.2 Å². The van der Waals surface area contributed by atoms with Crippen LogP contribution in [0.1, 0.15) is 38.5 Å². The van der Waals surface area contributed by atoms with Crippen LogP contribution in [0.25, 0.3) is 0 Å². The predicted molar refractivity (Wildman–Crippen MR) is 93.3 cm³/mol. The van der Waals surface area contributed by atoms with E-state index in [4.69, 9.17) is 5.73 Å². The highest BCUT2D eigenvalue weighted by Gasteiger charge is 2.33. The van der Waals surface area contributed by atoms with Gasteiger partial charge in [-0.25, -0.2) is 0 Å². The number of hydrogen-bond acceptors (Lipinski definition) is 3. The van der Waals surface area contributed by atoms with Gasteiger partial charge in [0.2, 0.25) is 5.91 Å². The summed E-state index contributed by atoms with van der Waals surface area (Å²) >= 11 is 1.65. The number of carbonyl (C=O) groups is 1. The Labute approximate surface area is 137 Å². The summed E-state index contributed by atoms with van der Waals surface area (Å²) in [5.74, 6) is 0.0962. The van der Waals surface area contributed by atoms with E-state index in [1.165, 1.54) is 19.3 Å². The van der Waals surface area contributed by atoms with Crippen molar-refractivity contribution >= 4 is 35.8 Å². The molecule has 21 heavy (non-hydrogen) atoms. The van der Waals surface area contributed by atoms with Crippen molar-refractivity contribution in [1.82, 2.24) is 0 Å². The minimum Gasteiger partial charge on any atom is -0.330 e. The van der Waals surface area contributed by atoms with Crippen LogP contribution in [0.4, 0.5) is 5.69 Å². The molecule has 0 atom stereocenters. The first-order chi connectivity index (χ1) is 9.69. The number of para-hydroxylation sites is 1. The molecule has 0 spiro atoms. The number of benzene rings is 1. The van der Waals surface area contributed by atoms with Crippen molar-refractivity contribution in [2.45, 2.75) is 43.4 Å². The van der Waals surface area contributed by atoms with Crippen molar-refractivity contribution in [3.63, 3.8) is 0 Å². The van der Waals surface area contributed by atoms with E-state index in [2.05, 4.69) is 5.32 Å². The van der Waals surface area contributed by atoms with E-state index < -0.39 is 0 Å². The van der Waals surface area contributed by atoms with Crippen molar-refractivity contribution in [1.29, 1.82) is 0 Å². The van der Waals surface area contributed by atoms with E-state index in [-0.39, 0.29) is 23.7 Å². The van der Waals surface area contributed by atoms with Gasteiger partial charge in [0.25, 0.3) is 0 Å². The van der Waals surface area contributed by atoms with Crippen LogP contribution < -0.4 is 11.1 Å². The molecule has 1 aromatic carbocycles. The third kappa shape index (κ3) is 4.90. The summed E-state index contributed by atoms with van der Waals surface area (Å²) in [6, 6.07) is 7.93. The lowest BCUT2D eigenvalue weighted by molar-refractivity contribution is -0.118. The fourth-order valence-electron chi connectivity index (χ4n) is 3.04. The largest absolute Gasteiger partial charge is 0.330 e. The van der Waals surface area contributed by atoms with Crippen LogP contribution in [0.2, 0.25) is 0 Å². The maximum atomic E-state index is 12.3. The maximum absolute atomic E-state index is 12.3. The SMILES string of the molecule is CSc1ccccc1NC(=O)CC1(CN)CCCCC1.Cl. The molecule has 3 N–H and O–H groups in total. The summed E-state index contributed by atoms with van der Waals surface area (Å²) in [6.07, 6.45) is 8.42. The van der Waals surface area contributed by atoms with Gasteiger partial charge >= 0.3 is 0 Å². The van der Waals surface area contributed by atoms with Crippen LogP contribution in [-0.2, 0) is 4.79 Å². The summed E-state index contributed by atoms with van der Waals surface area (Å²) in [6.45, 7) is 0.616. The van der Waals surface area contributed by atoms with Crippen LogP contribution >= 0.6 is 24.2 Å². The minimum atomic E-state index is 0. The lowest BCUT2D eigenvalue weighted by atomic mass is 9.71. The fraction of sp³-hybridized carbons (Fsp3) is 0.562. The summed E-state index contributed by atoms with van der Waals surface area (Å²) in [7, 11) is 0. The molecule has 1 aliphatic carbocycles. The molecular weight excluding hydrogens is 304 g/mol. The van der Waals surface area contributed by atoms with Gasteiger partial charge < -0.3 is 11.1 Å². The molecule has 118 valence electrons. The third-order valence-corrected chi connectivity index (χ3v) is 5.06. The van der Waals surface area contributed by atoms with Gasteiger partial charge in [0.05, 0.1) is 5.69 Å². The Balaban J connectivity index is 0.00000220. The molecule has 0 heterocycles. The summed E-state index contributed by atoms with van der Waals surface area (Å²) < 4.78 is 0. The number of hydrogen-bond donors (Lipinski definition) is 2. The molecule has 1 aromatic rings. The van der Waals surface area contributed by atoms with Crippen LogP contribution in [-0.4, -0.2) is 18.7 Å². The van der Waals surface area contributed by atoms with Gasteiger partial charge in [0.15, 0.2) is 0 Å². The molecule has 0 aromatic heterocycles.